The fourth-order valence-corrected chi connectivity index (χ4v) is 1.64. The van der Waals surface area contributed by atoms with Crippen molar-refractivity contribution < 1.29 is 5.11 Å². The molecule has 1 aromatic carbocycles. The largest absolute Gasteiger partial charge is 0.396 e. The topological polar surface area (TPSA) is 45.1 Å². The van der Waals surface area contributed by atoms with E-state index in [2.05, 4.69) is 16.4 Å². The molecule has 0 spiro atoms. The van der Waals surface area contributed by atoms with Crippen molar-refractivity contribution in [1.82, 2.24) is 4.98 Å². The van der Waals surface area contributed by atoms with E-state index in [1.54, 1.807) is 6.20 Å². The van der Waals surface area contributed by atoms with E-state index >= 15 is 0 Å². The Balaban J connectivity index is 2.24. The average Bonchev–Trinajstić information content (AvgIpc) is 2.36. The molecule has 0 fully saturated rings. The summed E-state index contributed by atoms with van der Waals surface area (Å²) in [5.74, 6) is 0. The van der Waals surface area contributed by atoms with Gasteiger partial charge in [0.15, 0.2) is 0 Å². The molecule has 1 aromatic heterocycles. The monoisotopic (exact) mass is 230 g/mol. The number of anilines is 1. The highest BCUT2D eigenvalue weighted by Gasteiger charge is 2.16. The number of hydrogen-bond acceptors (Lipinski definition) is 3. The molecule has 2 rings (SSSR count). The molecule has 0 radical (unpaired) electrons. The van der Waals surface area contributed by atoms with Crippen LogP contribution in [-0.4, -0.2) is 23.2 Å². The number of nitrogens with one attached hydrogen (secondary N) is 1. The Kier molecular flexibility index (Phi) is 3.29. The van der Waals surface area contributed by atoms with Gasteiger partial charge in [-0.15, -0.1) is 0 Å². The number of para-hydroxylation sites is 1. The summed E-state index contributed by atoms with van der Waals surface area (Å²) in [4.78, 5) is 4.32. The van der Waals surface area contributed by atoms with Gasteiger partial charge in [0.25, 0.3) is 0 Å². The zero-order valence-corrected chi connectivity index (χ0v) is 10.3. The number of aliphatic hydroxyl groups excluding tert-OH is 1. The third kappa shape index (κ3) is 2.74. The number of pyridine rings is 1. The van der Waals surface area contributed by atoms with E-state index in [9.17, 15) is 5.11 Å². The van der Waals surface area contributed by atoms with Crippen molar-refractivity contribution in [2.75, 3.05) is 18.5 Å². The molecule has 0 atom stereocenters. The summed E-state index contributed by atoms with van der Waals surface area (Å²) in [7, 11) is 0. The maximum absolute atomic E-state index is 9.23. The first-order valence-corrected chi connectivity index (χ1v) is 5.81. The summed E-state index contributed by atoms with van der Waals surface area (Å²) in [6.45, 7) is 4.97. The highest BCUT2D eigenvalue weighted by Crippen LogP contribution is 2.23. The number of rotatable bonds is 4. The summed E-state index contributed by atoms with van der Waals surface area (Å²) in [6, 6.07) is 10.0. The van der Waals surface area contributed by atoms with Crippen LogP contribution in [0.15, 0.2) is 36.5 Å². The number of aliphatic hydroxyl groups is 1. The first-order valence-electron chi connectivity index (χ1n) is 5.81. The van der Waals surface area contributed by atoms with Gasteiger partial charge in [-0.25, -0.2) is 0 Å². The lowest BCUT2D eigenvalue weighted by molar-refractivity contribution is 0.171. The van der Waals surface area contributed by atoms with Gasteiger partial charge < -0.3 is 10.4 Å². The summed E-state index contributed by atoms with van der Waals surface area (Å²) < 4.78 is 0. The Morgan fingerprint density at radius 2 is 2.00 bits per heavy atom. The first kappa shape index (κ1) is 11.9. The van der Waals surface area contributed by atoms with Gasteiger partial charge in [0.2, 0.25) is 0 Å². The Morgan fingerprint density at radius 1 is 1.24 bits per heavy atom. The minimum atomic E-state index is -0.121. The molecule has 90 valence electrons. The van der Waals surface area contributed by atoms with Crippen LogP contribution in [0, 0.1) is 5.41 Å². The van der Waals surface area contributed by atoms with Crippen molar-refractivity contribution in [3.8, 4) is 0 Å². The van der Waals surface area contributed by atoms with Gasteiger partial charge in [0.05, 0.1) is 5.52 Å². The van der Waals surface area contributed by atoms with Crippen LogP contribution in [0.1, 0.15) is 13.8 Å². The molecule has 2 N–H and O–H groups in total. The minimum absolute atomic E-state index is 0.121. The smallest absolute Gasteiger partial charge is 0.0722 e. The van der Waals surface area contributed by atoms with Crippen molar-refractivity contribution >= 4 is 16.6 Å². The average molecular weight is 230 g/mol. The second-order valence-corrected chi connectivity index (χ2v) is 5.05. The highest BCUT2D eigenvalue weighted by molar-refractivity contribution is 5.90. The van der Waals surface area contributed by atoms with Gasteiger partial charge in [-0.05, 0) is 12.1 Å². The number of benzene rings is 1. The maximum atomic E-state index is 9.23. The Labute approximate surface area is 102 Å². The van der Waals surface area contributed by atoms with Crippen molar-refractivity contribution in [1.29, 1.82) is 0 Å². The molecule has 0 aliphatic rings. The van der Waals surface area contributed by atoms with E-state index in [-0.39, 0.29) is 12.0 Å². The van der Waals surface area contributed by atoms with Crippen LogP contribution in [-0.2, 0) is 0 Å². The summed E-state index contributed by atoms with van der Waals surface area (Å²) in [6.07, 6.45) is 1.80. The molecule has 3 nitrogen and oxygen atoms in total. The fraction of sp³-hybridized carbons (Fsp3) is 0.357. The predicted octanol–water partition coefficient (Wildman–Crippen LogP) is 2.67. The Morgan fingerprint density at radius 3 is 2.76 bits per heavy atom. The molecule has 0 bridgehead atoms. The third-order valence-corrected chi connectivity index (χ3v) is 2.83. The Bertz CT molecular complexity index is 503. The highest BCUT2D eigenvalue weighted by atomic mass is 16.3. The molecular weight excluding hydrogens is 212 g/mol. The van der Waals surface area contributed by atoms with Crippen LogP contribution in [0.2, 0.25) is 0 Å². The standard InChI is InChI=1S/C14H18N2O/c1-14(2,10-17)9-16-13-7-8-15-12-6-4-3-5-11(12)13/h3-8,17H,9-10H2,1-2H3,(H,15,16). The maximum Gasteiger partial charge on any atom is 0.0722 e. The van der Waals surface area contributed by atoms with Crippen LogP contribution in [0.5, 0.6) is 0 Å². The molecule has 0 aliphatic carbocycles. The first-order chi connectivity index (χ1) is 8.12. The summed E-state index contributed by atoms with van der Waals surface area (Å²) in [5, 5.41) is 13.7. The molecule has 0 amide bonds. The quantitative estimate of drug-likeness (QED) is 0.848. The molecule has 0 saturated heterocycles. The molecule has 0 unspecified atom stereocenters. The van der Waals surface area contributed by atoms with Gasteiger partial charge >= 0.3 is 0 Å². The summed E-state index contributed by atoms with van der Waals surface area (Å²) >= 11 is 0. The van der Waals surface area contributed by atoms with E-state index in [1.807, 2.05) is 38.1 Å². The van der Waals surface area contributed by atoms with E-state index < -0.39 is 0 Å². The Hall–Kier alpha value is -1.61. The number of fused-ring (bicyclic) bond motifs is 1. The molecular formula is C14H18N2O. The second kappa shape index (κ2) is 4.72. The van der Waals surface area contributed by atoms with Gasteiger partial charge in [-0.2, -0.15) is 0 Å². The fourth-order valence-electron chi connectivity index (χ4n) is 1.64. The van der Waals surface area contributed by atoms with E-state index in [1.165, 1.54) is 0 Å². The second-order valence-electron chi connectivity index (χ2n) is 5.05. The molecule has 1 heterocycles. The lowest BCUT2D eigenvalue weighted by Crippen LogP contribution is -2.26. The number of aromatic nitrogens is 1. The van der Waals surface area contributed by atoms with Crippen LogP contribution in [0.25, 0.3) is 10.9 Å². The predicted molar refractivity (Wildman–Crippen MR) is 71.1 cm³/mol. The lowest BCUT2D eigenvalue weighted by atomic mass is 9.95. The third-order valence-electron chi connectivity index (χ3n) is 2.83. The van der Waals surface area contributed by atoms with Crippen molar-refractivity contribution in [2.45, 2.75) is 13.8 Å². The molecule has 3 heteroatoms. The molecule has 2 aromatic rings. The molecule has 17 heavy (non-hydrogen) atoms. The van der Waals surface area contributed by atoms with Crippen LogP contribution < -0.4 is 5.32 Å². The van der Waals surface area contributed by atoms with Gasteiger partial charge in [-0.3, -0.25) is 4.98 Å². The van der Waals surface area contributed by atoms with Gasteiger partial charge in [0, 0.05) is 35.8 Å². The molecule has 0 aliphatic heterocycles. The summed E-state index contributed by atoms with van der Waals surface area (Å²) in [5.41, 5.74) is 1.93. The van der Waals surface area contributed by atoms with Crippen molar-refractivity contribution in [2.24, 2.45) is 5.41 Å². The van der Waals surface area contributed by atoms with Crippen LogP contribution in [0.4, 0.5) is 5.69 Å². The zero-order chi connectivity index (χ0) is 12.3. The minimum Gasteiger partial charge on any atom is -0.396 e. The van der Waals surface area contributed by atoms with Crippen molar-refractivity contribution in [3.05, 3.63) is 36.5 Å². The van der Waals surface area contributed by atoms with E-state index in [0.29, 0.717) is 0 Å². The van der Waals surface area contributed by atoms with Gasteiger partial charge in [0.1, 0.15) is 0 Å². The van der Waals surface area contributed by atoms with Crippen LogP contribution in [0.3, 0.4) is 0 Å². The van der Waals surface area contributed by atoms with Gasteiger partial charge in [-0.1, -0.05) is 32.0 Å². The van der Waals surface area contributed by atoms with E-state index in [4.69, 9.17) is 0 Å². The van der Waals surface area contributed by atoms with Crippen molar-refractivity contribution in [3.63, 3.8) is 0 Å². The SMILES string of the molecule is CC(C)(CO)CNc1ccnc2ccccc12. The number of nitrogens with zero attached hydrogens (tertiary/aromatic N) is 1. The zero-order valence-electron chi connectivity index (χ0n) is 10.3. The number of hydrogen-bond donors (Lipinski definition) is 2. The van der Waals surface area contributed by atoms with E-state index in [0.717, 1.165) is 23.1 Å². The van der Waals surface area contributed by atoms with Crippen LogP contribution >= 0.6 is 0 Å². The lowest BCUT2D eigenvalue weighted by Gasteiger charge is -2.23. The normalized spacial score (nSPS) is 11.7. The molecule has 0 saturated carbocycles.